The van der Waals surface area contributed by atoms with Gasteiger partial charge in [0.15, 0.2) is 0 Å². The minimum atomic E-state index is -0.906. The van der Waals surface area contributed by atoms with E-state index in [1.807, 2.05) is 10.7 Å². The fraction of sp³-hybridized carbons (Fsp3) is 0.273. The standard InChI is InChI=1S/C11H12N2O2/c1-2-6-13-10-5-3-4-8(11(14)15)9(10)7-12-13/h3-5,7H,2,6H2,1H3,(H,14,15). The Kier molecular flexibility index (Phi) is 2.41. The lowest BCUT2D eigenvalue weighted by Crippen LogP contribution is -1.99. The van der Waals surface area contributed by atoms with Crippen molar-refractivity contribution in [1.82, 2.24) is 9.78 Å². The van der Waals surface area contributed by atoms with Gasteiger partial charge in [-0.05, 0) is 18.6 Å². The van der Waals surface area contributed by atoms with Crippen LogP contribution >= 0.6 is 0 Å². The van der Waals surface area contributed by atoms with Crippen LogP contribution in [0.1, 0.15) is 23.7 Å². The molecule has 1 heterocycles. The maximum absolute atomic E-state index is 10.9. The second kappa shape index (κ2) is 3.73. The third-order valence-corrected chi connectivity index (χ3v) is 2.35. The highest BCUT2D eigenvalue weighted by molar-refractivity contribution is 6.02. The molecule has 78 valence electrons. The van der Waals surface area contributed by atoms with Crippen molar-refractivity contribution in [3.05, 3.63) is 30.0 Å². The Labute approximate surface area is 87.1 Å². The van der Waals surface area contributed by atoms with E-state index in [-0.39, 0.29) is 0 Å². The van der Waals surface area contributed by atoms with Gasteiger partial charge in [-0.3, -0.25) is 4.68 Å². The highest BCUT2D eigenvalue weighted by Gasteiger charge is 2.10. The van der Waals surface area contributed by atoms with Gasteiger partial charge in [-0.1, -0.05) is 13.0 Å². The van der Waals surface area contributed by atoms with E-state index in [9.17, 15) is 4.79 Å². The number of aromatic nitrogens is 2. The summed E-state index contributed by atoms with van der Waals surface area (Å²) < 4.78 is 1.84. The summed E-state index contributed by atoms with van der Waals surface area (Å²) >= 11 is 0. The van der Waals surface area contributed by atoms with Crippen LogP contribution < -0.4 is 0 Å². The smallest absolute Gasteiger partial charge is 0.336 e. The zero-order valence-corrected chi connectivity index (χ0v) is 8.47. The Morgan fingerprint density at radius 1 is 1.53 bits per heavy atom. The van der Waals surface area contributed by atoms with Crippen molar-refractivity contribution in [2.45, 2.75) is 19.9 Å². The summed E-state index contributed by atoms with van der Waals surface area (Å²) in [7, 11) is 0. The number of rotatable bonds is 3. The van der Waals surface area contributed by atoms with E-state index in [1.165, 1.54) is 0 Å². The fourth-order valence-electron chi connectivity index (χ4n) is 1.68. The molecule has 1 aromatic heterocycles. The number of carbonyl (C=O) groups is 1. The molecule has 0 radical (unpaired) electrons. The Balaban J connectivity index is 2.63. The maximum Gasteiger partial charge on any atom is 0.336 e. The summed E-state index contributed by atoms with van der Waals surface area (Å²) in [6.07, 6.45) is 2.60. The first-order valence-corrected chi connectivity index (χ1v) is 4.92. The summed E-state index contributed by atoms with van der Waals surface area (Å²) in [5.74, 6) is -0.906. The maximum atomic E-state index is 10.9. The minimum Gasteiger partial charge on any atom is -0.478 e. The van der Waals surface area contributed by atoms with E-state index >= 15 is 0 Å². The van der Waals surface area contributed by atoms with Gasteiger partial charge in [0.05, 0.1) is 17.3 Å². The summed E-state index contributed by atoms with van der Waals surface area (Å²) in [6.45, 7) is 2.88. The summed E-state index contributed by atoms with van der Waals surface area (Å²) in [6, 6.07) is 5.24. The molecule has 0 aliphatic rings. The second-order valence-electron chi connectivity index (χ2n) is 3.41. The van der Waals surface area contributed by atoms with Crippen LogP contribution in [-0.2, 0) is 6.54 Å². The number of aryl methyl sites for hydroxylation is 1. The molecule has 1 N–H and O–H groups in total. The van der Waals surface area contributed by atoms with Gasteiger partial charge in [0.25, 0.3) is 0 Å². The van der Waals surface area contributed by atoms with E-state index in [1.54, 1.807) is 18.3 Å². The van der Waals surface area contributed by atoms with Crippen LogP contribution in [0.25, 0.3) is 10.9 Å². The molecular formula is C11H12N2O2. The van der Waals surface area contributed by atoms with Crippen LogP contribution in [0.15, 0.2) is 24.4 Å². The molecule has 0 fully saturated rings. The molecular weight excluding hydrogens is 192 g/mol. The molecule has 1 aromatic carbocycles. The Morgan fingerprint density at radius 3 is 3.00 bits per heavy atom. The second-order valence-corrected chi connectivity index (χ2v) is 3.41. The average Bonchev–Trinajstić information content (AvgIpc) is 2.62. The molecule has 0 saturated carbocycles. The Bertz CT molecular complexity index is 502. The summed E-state index contributed by atoms with van der Waals surface area (Å²) in [5.41, 5.74) is 1.20. The van der Waals surface area contributed by atoms with E-state index in [0.717, 1.165) is 18.5 Å². The number of benzene rings is 1. The molecule has 4 heteroatoms. The van der Waals surface area contributed by atoms with Gasteiger partial charge in [-0.25, -0.2) is 4.79 Å². The first kappa shape index (κ1) is 9.71. The van der Waals surface area contributed by atoms with Gasteiger partial charge in [0, 0.05) is 11.9 Å². The first-order chi connectivity index (χ1) is 7.24. The monoisotopic (exact) mass is 204 g/mol. The third-order valence-electron chi connectivity index (χ3n) is 2.35. The molecule has 0 aliphatic heterocycles. The van der Waals surface area contributed by atoms with Crippen LogP contribution in [0, 0.1) is 0 Å². The fourth-order valence-corrected chi connectivity index (χ4v) is 1.68. The van der Waals surface area contributed by atoms with E-state index in [2.05, 4.69) is 12.0 Å². The number of hydrogen-bond donors (Lipinski definition) is 1. The zero-order chi connectivity index (χ0) is 10.8. The molecule has 15 heavy (non-hydrogen) atoms. The van der Waals surface area contributed by atoms with Crippen molar-refractivity contribution in [3.63, 3.8) is 0 Å². The highest BCUT2D eigenvalue weighted by Crippen LogP contribution is 2.18. The van der Waals surface area contributed by atoms with Crippen molar-refractivity contribution in [1.29, 1.82) is 0 Å². The van der Waals surface area contributed by atoms with Crippen molar-refractivity contribution in [2.24, 2.45) is 0 Å². The largest absolute Gasteiger partial charge is 0.478 e. The number of aromatic carboxylic acids is 1. The molecule has 0 spiro atoms. The SMILES string of the molecule is CCCn1ncc2c(C(=O)O)cccc21. The molecule has 4 nitrogen and oxygen atoms in total. The first-order valence-electron chi connectivity index (χ1n) is 4.92. The normalized spacial score (nSPS) is 10.7. The van der Waals surface area contributed by atoms with Crippen LogP contribution in [-0.4, -0.2) is 20.9 Å². The van der Waals surface area contributed by atoms with Crippen LogP contribution in [0.5, 0.6) is 0 Å². The quantitative estimate of drug-likeness (QED) is 0.833. The topological polar surface area (TPSA) is 55.1 Å². The average molecular weight is 204 g/mol. The molecule has 2 rings (SSSR count). The van der Waals surface area contributed by atoms with E-state index < -0.39 is 5.97 Å². The summed E-state index contributed by atoms with van der Waals surface area (Å²) in [5, 5.41) is 13.9. The third kappa shape index (κ3) is 1.58. The molecule has 0 atom stereocenters. The van der Waals surface area contributed by atoms with Crippen molar-refractivity contribution in [2.75, 3.05) is 0 Å². The van der Waals surface area contributed by atoms with Gasteiger partial charge in [-0.15, -0.1) is 0 Å². The molecule has 2 aromatic rings. The lowest BCUT2D eigenvalue weighted by atomic mass is 10.1. The van der Waals surface area contributed by atoms with Gasteiger partial charge in [0.2, 0.25) is 0 Å². The Hall–Kier alpha value is -1.84. The van der Waals surface area contributed by atoms with Gasteiger partial charge >= 0.3 is 5.97 Å². The predicted molar refractivity (Wildman–Crippen MR) is 57.0 cm³/mol. The van der Waals surface area contributed by atoms with Crippen molar-refractivity contribution < 1.29 is 9.90 Å². The minimum absolute atomic E-state index is 0.315. The molecule has 0 unspecified atom stereocenters. The lowest BCUT2D eigenvalue weighted by molar-refractivity contribution is 0.0699. The molecule has 0 aliphatic carbocycles. The number of fused-ring (bicyclic) bond motifs is 1. The Morgan fingerprint density at radius 2 is 2.33 bits per heavy atom. The summed E-state index contributed by atoms with van der Waals surface area (Å²) in [4.78, 5) is 10.9. The molecule has 0 amide bonds. The predicted octanol–water partition coefficient (Wildman–Crippen LogP) is 2.14. The number of hydrogen-bond acceptors (Lipinski definition) is 2. The van der Waals surface area contributed by atoms with Gasteiger partial charge in [-0.2, -0.15) is 5.10 Å². The van der Waals surface area contributed by atoms with Crippen molar-refractivity contribution >= 4 is 16.9 Å². The number of carboxylic acid groups (broad SMARTS) is 1. The van der Waals surface area contributed by atoms with Crippen LogP contribution in [0.3, 0.4) is 0 Å². The number of nitrogens with zero attached hydrogens (tertiary/aromatic N) is 2. The van der Waals surface area contributed by atoms with Crippen LogP contribution in [0.2, 0.25) is 0 Å². The van der Waals surface area contributed by atoms with Crippen LogP contribution in [0.4, 0.5) is 0 Å². The number of carboxylic acids is 1. The van der Waals surface area contributed by atoms with Crippen molar-refractivity contribution in [3.8, 4) is 0 Å². The van der Waals surface area contributed by atoms with Gasteiger partial charge < -0.3 is 5.11 Å². The lowest BCUT2D eigenvalue weighted by Gasteiger charge is -2.01. The van der Waals surface area contributed by atoms with E-state index in [4.69, 9.17) is 5.11 Å². The van der Waals surface area contributed by atoms with Gasteiger partial charge in [0.1, 0.15) is 0 Å². The van der Waals surface area contributed by atoms with E-state index in [0.29, 0.717) is 10.9 Å². The zero-order valence-electron chi connectivity index (χ0n) is 8.47. The highest BCUT2D eigenvalue weighted by atomic mass is 16.4. The molecule has 0 saturated heterocycles. The molecule has 0 bridgehead atoms.